The molecule has 1 aliphatic rings. The molecule has 3 atom stereocenters. The van der Waals surface area contributed by atoms with Gasteiger partial charge in [-0.2, -0.15) is 0 Å². The summed E-state index contributed by atoms with van der Waals surface area (Å²) in [4.78, 5) is 11.9. The number of carbonyl (C=O) groups excluding carboxylic acids is 1. The van der Waals surface area contributed by atoms with E-state index in [1.165, 1.54) is 12.8 Å². The lowest BCUT2D eigenvalue weighted by Crippen LogP contribution is -2.36. The first kappa shape index (κ1) is 18.7. The maximum atomic E-state index is 11.9. The molecule has 1 aromatic rings. The second-order valence-electron chi connectivity index (χ2n) is 6.92. The monoisotopic (exact) mass is 334 g/mol. The van der Waals surface area contributed by atoms with Gasteiger partial charge in [-0.05, 0) is 49.8 Å². The predicted molar refractivity (Wildman–Crippen MR) is 96.0 cm³/mol. The van der Waals surface area contributed by atoms with Crippen molar-refractivity contribution in [1.82, 2.24) is 5.32 Å². The van der Waals surface area contributed by atoms with Gasteiger partial charge in [0.15, 0.2) is 0 Å². The second-order valence-corrected chi connectivity index (χ2v) is 6.92. The zero-order chi connectivity index (χ0) is 17.4. The third-order valence-electron chi connectivity index (χ3n) is 4.50. The van der Waals surface area contributed by atoms with Crippen molar-refractivity contribution < 1.29 is 14.6 Å². The molecule has 2 rings (SSSR count). The molecule has 0 aliphatic heterocycles. The Balaban J connectivity index is 1.81. The first-order valence-electron chi connectivity index (χ1n) is 8.95. The number of benzene rings is 1. The standard InChI is InChI=1S/C19H30N2O3/c1-14-5-3-8-18(11-14)24-13-16-6-4-7-17(12-16)21-19(23)20-15(2)9-10-22/h4,6-7,12,14-15,18,22H,3,5,8-11,13H2,1-2H3,(H2,20,21,23)/t14?,15-,18?/m1/s1. The Bertz CT molecular complexity index is 521. The molecule has 1 aliphatic carbocycles. The van der Waals surface area contributed by atoms with Crippen molar-refractivity contribution in [3.63, 3.8) is 0 Å². The van der Waals surface area contributed by atoms with Crippen LogP contribution >= 0.6 is 0 Å². The van der Waals surface area contributed by atoms with E-state index in [0.29, 0.717) is 19.1 Å². The van der Waals surface area contributed by atoms with Crippen LogP contribution < -0.4 is 10.6 Å². The summed E-state index contributed by atoms with van der Waals surface area (Å²) in [5.74, 6) is 0.751. The number of rotatable bonds is 7. The van der Waals surface area contributed by atoms with Crippen molar-refractivity contribution >= 4 is 11.7 Å². The van der Waals surface area contributed by atoms with Gasteiger partial charge in [-0.25, -0.2) is 4.79 Å². The molecule has 2 unspecified atom stereocenters. The smallest absolute Gasteiger partial charge is 0.319 e. The largest absolute Gasteiger partial charge is 0.396 e. The van der Waals surface area contributed by atoms with E-state index in [2.05, 4.69) is 17.6 Å². The predicted octanol–water partition coefficient (Wildman–Crippen LogP) is 3.67. The molecule has 0 bridgehead atoms. The maximum Gasteiger partial charge on any atom is 0.319 e. The first-order chi connectivity index (χ1) is 11.6. The van der Waals surface area contributed by atoms with Gasteiger partial charge in [0.2, 0.25) is 0 Å². The zero-order valence-corrected chi connectivity index (χ0v) is 14.8. The zero-order valence-electron chi connectivity index (χ0n) is 14.8. The molecule has 134 valence electrons. The highest BCUT2D eigenvalue weighted by Crippen LogP contribution is 2.26. The minimum Gasteiger partial charge on any atom is -0.396 e. The maximum absolute atomic E-state index is 11.9. The van der Waals surface area contributed by atoms with Crippen molar-refractivity contribution in [3.8, 4) is 0 Å². The first-order valence-corrected chi connectivity index (χ1v) is 8.95. The summed E-state index contributed by atoms with van der Waals surface area (Å²) < 4.78 is 6.04. The van der Waals surface area contributed by atoms with Gasteiger partial charge in [0.25, 0.3) is 0 Å². The highest BCUT2D eigenvalue weighted by molar-refractivity contribution is 5.89. The molecule has 5 heteroatoms. The molecule has 0 aromatic heterocycles. The Morgan fingerprint density at radius 1 is 1.42 bits per heavy atom. The Morgan fingerprint density at radius 2 is 2.25 bits per heavy atom. The lowest BCUT2D eigenvalue weighted by Gasteiger charge is -2.26. The number of urea groups is 1. The fourth-order valence-electron chi connectivity index (χ4n) is 3.14. The Kier molecular flexibility index (Phi) is 7.53. The Labute approximate surface area is 144 Å². The van der Waals surface area contributed by atoms with Crippen LogP contribution in [0.15, 0.2) is 24.3 Å². The van der Waals surface area contributed by atoms with E-state index in [0.717, 1.165) is 30.0 Å². The lowest BCUT2D eigenvalue weighted by atomic mass is 9.89. The van der Waals surface area contributed by atoms with Crippen molar-refractivity contribution in [1.29, 1.82) is 0 Å². The molecule has 24 heavy (non-hydrogen) atoms. The summed E-state index contributed by atoms with van der Waals surface area (Å²) >= 11 is 0. The summed E-state index contributed by atoms with van der Waals surface area (Å²) in [6.45, 7) is 4.80. The van der Waals surface area contributed by atoms with Gasteiger partial charge >= 0.3 is 6.03 Å². The third kappa shape index (κ3) is 6.49. The van der Waals surface area contributed by atoms with Crippen molar-refractivity contribution in [2.75, 3.05) is 11.9 Å². The van der Waals surface area contributed by atoms with Crippen LogP contribution in [0.2, 0.25) is 0 Å². The highest BCUT2D eigenvalue weighted by Gasteiger charge is 2.19. The van der Waals surface area contributed by atoms with Crippen LogP contribution in [0.25, 0.3) is 0 Å². The van der Waals surface area contributed by atoms with Crippen molar-refractivity contribution in [2.45, 2.75) is 64.7 Å². The Morgan fingerprint density at radius 3 is 3.00 bits per heavy atom. The third-order valence-corrected chi connectivity index (χ3v) is 4.50. The summed E-state index contributed by atoms with van der Waals surface area (Å²) in [5.41, 5.74) is 1.82. The molecule has 1 fully saturated rings. The number of hydrogen-bond acceptors (Lipinski definition) is 3. The normalized spacial score (nSPS) is 22.0. The second kappa shape index (κ2) is 9.64. The highest BCUT2D eigenvalue weighted by atomic mass is 16.5. The SMILES string of the molecule is CC1CCCC(OCc2cccc(NC(=O)N[C@H](C)CCO)c2)C1. The molecule has 5 nitrogen and oxygen atoms in total. The minimum absolute atomic E-state index is 0.0604. The lowest BCUT2D eigenvalue weighted by molar-refractivity contribution is 0.00468. The van der Waals surface area contributed by atoms with Crippen LogP contribution in [-0.2, 0) is 11.3 Å². The van der Waals surface area contributed by atoms with Gasteiger partial charge < -0.3 is 20.5 Å². The quantitative estimate of drug-likeness (QED) is 0.712. The van der Waals surface area contributed by atoms with Crippen LogP contribution in [0.3, 0.4) is 0 Å². The minimum atomic E-state index is -0.255. The van der Waals surface area contributed by atoms with E-state index in [1.807, 2.05) is 31.2 Å². The van der Waals surface area contributed by atoms with Crippen LogP contribution in [0.1, 0.15) is 51.5 Å². The summed E-state index contributed by atoms with van der Waals surface area (Å²) in [6, 6.07) is 7.44. The van der Waals surface area contributed by atoms with Gasteiger partial charge in [0, 0.05) is 18.3 Å². The molecule has 0 spiro atoms. The van der Waals surface area contributed by atoms with Gasteiger partial charge in [-0.3, -0.25) is 0 Å². The molecule has 0 heterocycles. The molecule has 1 aromatic carbocycles. The summed E-state index contributed by atoms with van der Waals surface area (Å²) in [7, 11) is 0. The molecular weight excluding hydrogens is 304 g/mol. The number of hydrogen-bond donors (Lipinski definition) is 3. The van der Waals surface area contributed by atoms with E-state index in [1.54, 1.807) is 0 Å². The fraction of sp³-hybridized carbons (Fsp3) is 0.632. The molecule has 1 saturated carbocycles. The number of ether oxygens (including phenoxy) is 1. The van der Waals surface area contributed by atoms with Gasteiger partial charge in [0.1, 0.15) is 0 Å². The van der Waals surface area contributed by atoms with Gasteiger partial charge in [-0.15, -0.1) is 0 Å². The van der Waals surface area contributed by atoms with E-state index < -0.39 is 0 Å². The average Bonchev–Trinajstić information content (AvgIpc) is 2.53. The Hall–Kier alpha value is -1.59. The topological polar surface area (TPSA) is 70.6 Å². The van der Waals surface area contributed by atoms with E-state index in [4.69, 9.17) is 9.84 Å². The average molecular weight is 334 g/mol. The van der Waals surface area contributed by atoms with Crippen LogP contribution in [0, 0.1) is 5.92 Å². The molecule has 0 saturated heterocycles. The molecule has 0 radical (unpaired) electrons. The van der Waals surface area contributed by atoms with E-state index >= 15 is 0 Å². The number of nitrogens with one attached hydrogen (secondary N) is 2. The number of aliphatic hydroxyl groups excluding tert-OH is 1. The van der Waals surface area contributed by atoms with Crippen LogP contribution in [-0.4, -0.2) is 29.9 Å². The summed E-state index contributed by atoms with van der Waals surface area (Å²) in [6.07, 6.45) is 5.74. The van der Waals surface area contributed by atoms with Crippen molar-refractivity contribution in [2.24, 2.45) is 5.92 Å². The number of amides is 2. The van der Waals surface area contributed by atoms with Crippen LogP contribution in [0.5, 0.6) is 0 Å². The van der Waals surface area contributed by atoms with E-state index in [9.17, 15) is 4.79 Å². The van der Waals surface area contributed by atoms with Gasteiger partial charge in [0.05, 0.1) is 12.7 Å². The molecular formula is C19H30N2O3. The number of anilines is 1. The fourth-order valence-corrected chi connectivity index (χ4v) is 3.14. The van der Waals surface area contributed by atoms with Crippen LogP contribution in [0.4, 0.5) is 10.5 Å². The number of carbonyl (C=O) groups is 1. The van der Waals surface area contributed by atoms with Gasteiger partial charge in [-0.1, -0.05) is 31.9 Å². The van der Waals surface area contributed by atoms with Crippen molar-refractivity contribution in [3.05, 3.63) is 29.8 Å². The summed E-state index contributed by atoms with van der Waals surface area (Å²) in [5, 5.41) is 14.5. The van der Waals surface area contributed by atoms with E-state index in [-0.39, 0.29) is 18.7 Å². The molecule has 2 amide bonds. The number of aliphatic hydroxyl groups is 1. The molecule has 3 N–H and O–H groups in total.